The van der Waals surface area contributed by atoms with E-state index in [1.54, 1.807) is 18.2 Å². The Morgan fingerprint density at radius 3 is 2.38 bits per heavy atom. The molecule has 0 amide bonds. The highest BCUT2D eigenvalue weighted by Crippen LogP contribution is 2.34. The van der Waals surface area contributed by atoms with Gasteiger partial charge in [-0.15, -0.1) is 0 Å². The lowest BCUT2D eigenvalue weighted by Crippen LogP contribution is -2.18. The summed E-state index contributed by atoms with van der Waals surface area (Å²) >= 11 is 0. The summed E-state index contributed by atoms with van der Waals surface area (Å²) in [5, 5.41) is 0. The number of hydrogen-bond acceptors (Lipinski definition) is 4. The van der Waals surface area contributed by atoms with Gasteiger partial charge in [0.05, 0.1) is 11.1 Å². The van der Waals surface area contributed by atoms with Crippen molar-refractivity contribution in [2.24, 2.45) is 0 Å². The molecule has 0 aliphatic carbocycles. The molecule has 1 aliphatic heterocycles. The lowest BCUT2D eigenvalue weighted by Gasteiger charge is -2.20. The first-order chi connectivity index (χ1) is 12.4. The molecule has 7 heteroatoms. The van der Waals surface area contributed by atoms with Crippen molar-refractivity contribution in [2.45, 2.75) is 19.0 Å². The van der Waals surface area contributed by atoms with E-state index in [1.807, 2.05) is 0 Å². The van der Waals surface area contributed by atoms with E-state index in [0.29, 0.717) is 30.3 Å². The highest BCUT2D eigenvalue weighted by molar-refractivity contribution is 6.03. The zero-order valence-electron chi connectivity index (χ0n) is 13.6. The van der Waals surface area contributed by atoms with Gasteiger partial charge < -0.3 is 9.47 Å². The normalized spacial score (nSPS) is 13.3. The monoisotopic (exact) mass is 364 g/mol. The van der Waals surface area contributed by atoms with Crippen LogP contribution < -0.4 is 9.47 Å². The molecular weight excluding hydrogens is 349 g/mol. The third-order valence-electron chi connectivity index (χ3n) is 3.96. The summed E-state index contributed by atoms with van der Waals surface area (Å²) in [5.41, 5.74) is -0.654. The van der Waals surface area contributed by atoms with Crippen molar-refractivity contribution in [2.75, 3.05) is 13.2 Å². The van der Waals surface area contributed by atoms with Gasteiger partial charge in [0.25, 0.3) is 0 Å². The number of halogens is 3. The summed E-state index contributed by atoms with van der Waals surface area (Å²) in [7, 11) is 0. The van der Waals surface area contributed by atoms with Crippen LogP contribution in [0.1, 0.15) is 39.1 Å². The van der Waals surface area contributed by atoms with Gasteiger partial charge in [0.15, 0.2) is 23.1 Å². The Morgan fingerprint density at radius 2 is 1.62 bits per heavy atom. The van der Waals surface area contributed by atoms with Crippen LogP contribution in [-0.2, 0) is 6.18 Å². The Morgan fingerprint density at radius 1 is 0.923 bits per heavy atom. The van der Waals surface area contributed by atoms with Crippen molar-refractivity contribution < 1.29 is 32.2 Å². The summed E-state index contributed by atoms with van der Waals surface area (Å²) in [5.74, 6) is -0.0411. The van der Waals surface area contributed by atoms with Crippen molar-refractivity contribution >= 4 is 11.6 Å². The third kappa shape index (κ3) is 3.87. The molecule has 0 unspecified atom stereocenters. The Labute approximate surface area is 147 Å². The van der Waals surface area contributed by atoms with E-state index in [1.165, 1.54) is 12.1 Å². The van der Waals surface area contributed by atoms with Gasteiger partial charge >= 0.3 is 6.18 Å². The van der Waals surface area contributed by atoms with Crippen LogP contribution in [0.25, 0.3) is 0 Å². The Balaban J connectivity index is 1.70. The van der Waals surface area contributed by atoms with Gasteiger partial charge in [0.1, 0.15) is 13.2 Å². The van der Waals surface area contributed by atoms with Gasteiger partial charge in [0.2, 0.25) is 0 Å². The molecule has 0 atom stereocenters. The highest BCUT2D eigenvalue weighted by Gasteiger charge is 2.31. The van der Waals surface area contributed by atoms with E-state index in [9.17, 15) is 22.8 Å². The fourth-order valence-corrected chi connectivity index (χ4v) is 2.67. The minimum Gasteiger partial charge on any atom is -0.486 e. The van der Waals surface area contributed by atoms with Crippen molar-refractivity contribution in [1.29, 1.82) is 0 Å². The number of para-hydroxylation sites is 1. The molecular formula is C19H15F3O4. The Hall–Kier alpha value is -2.83. The first kappa shape index (κ1) is 18.0. The lowest BCUT2D eigenvalue weighted by atomic mass is 9.99. The number of fused-ring (bicyclic) bond motifs is 1. The van der Waals surface area contributed by atoms with E-state index < -0.39 is 17.5 Å². The van der Waals surface area contributed by atoms with Gasteiger partial charge in [-0.1, -0.05) is 18.2 Å². The summed E-state index contributed by atoms with van der Waals surface area (Å²) in [6.45, 7) is 0.707. The summed E-state index contributed by atoms with van der Waals surface area (Å²) in [6, 6.07) is 9.09. The number of benzene rings is 2. The molecule has 0 bridgehead atoms. The van der Waals surface area contributed by atoms with E-state index in [2.05, 4.69) is 0 Å². The second-order valence-electron chi connectivity index (χ2n) is 5.75. The Bertz CT molecular complexity index is 843. The van der Waals surface area contributed by atoms with Crippen LogP contribution in [0.4, 0.5) is 13.2 Å². The summed E-state index contributed by atoms with van der Waals surface area (Å²) < 4.78 is 49.1. The number of hydrogen-bond donors (Lipinski definition) is 0. The molecule has 4 nitrogen and oxygen atoms in total. The Kier molecular flexibility index (Phi) is 4.97. The first-order valence-corrected chi connectivity index (χ1v) is 7.98. The molecule has 0 saturated heterocycles. The van der Waals surface area contributed by atoms with E-state index in [4.69, 9.17) is 9.47 Å². The van der Waals surface area contributed by atoms with Crippen molar-refractivity contribution in [1.82, 2.24) is 0 Å². The number of rotatable bonds is 5. The van der Waals surface area contributed by atoms with E-state index in [-0.39, 0.29) is 24.2 Å². The van der Waals surface area contributed by atoms with Crippen LogP contribution >= 0.6 is 0 Å². The van der Waals surface area contributed by atoms with Gasteiger partial charge in [0, 0.05) is 18.4 Å². The van der Waals surface area contributed by atoms with Crippen LogP contribution in [0.2, 0.25) is 0 Å². The van der Waals surface area contributed by atoms with Crippen LogP contribution in [0.3, 0.4) is 0 Å². The molecule has 3 rings (SSSR count). The van der Waals surface area contributed by atoms with Gasteiger partial charge in [-0.3, -0.25) is 9.59 Å². The third-order valence-corrected chi connectivity index (χ3v) is 3.96. The molecule has 136 valence electrons. The van der Waals surface area contributed by atoms with Crippen molar-refractivity contribution in [3.63, 3.8) is 0 Å². The zero-order valence-corrected chi connectivity index (χ0v) is 13.6. The van der Waals surface area contributed by atoms with Crippen LogP contribution in [-0.4, -0.2) is 24.8 Å². The molecule has 0 spiro atoms. The smallest absolute Gasteiger partial charge is 0.416 e. The number of Topliss-reactive ketones (excluding diaryl/α,β-unsaturated/α-hetero) is 2. The lowest BCUT2D eigenvalue weighted by molar-refractivity contribution is -0.137. The van der Waals surface area contributed by atoms with Crippen LogP contribution in [0.15, 0.2) is 42.5 Å². The average Bonchev–Trinajstić information content (AvgIpc) is 2.64. The molecule has 0 aromatic heterocycles. The molecule has 1 heterocycles. The minimum absolute atomic E-state index is 0.0673. The van der Waals surface area contributed by atoms with E-state index >= 15 is 0 Å². The molecule has 0 saturated carbocycles. The zero-order chi connectivity index (χ0) is 18.7. The minimum atomic E-state index is -4.52. The first-order valence-electron chi connectivity index (χ1n) is 7.98. The molecule has 0 fully saturated rings. The molecule has 0 N–H and O–H groups in total. The average molecular weight is 364 g/mol. The predicted octanol–water partition coefficient (Wildman–Crippen LogP) is 4.32. The topological polar surface area (TPSA) is 52.6 Å². The fraction of sp³-hybridized carbons (Fsp3) is 0.263. The van der Waals surface area contributed by atoms with Gasteiger partial charge in [-0.2, -0.15) is 13.2 Å². The quantitative estimate of drug-likeness (QED) is 0.742. The predicted molar refractivity (Wildman–Crippen MR) is 86.8 cm³/mol. The molecule has 0 radical (unpaired) electrons. The maximum atomic E-state index is 12.7. The number of ether oxygens (including phenoxy) is 2. The maximum absolute atomic E-state index is 12.7. The highest BCUT2D eigenvalue weighted by atomic mass is 19.4. The molecule has 2 aromatic rings. The summed E-state index contributed by atoms with van der Waals surface area (Å²) in [4.78, 5) is 24.6. The van der Waals surface area contributed by atoms with Crippen molar-refractivity contribution in [3.05, 3.63) is 59.2 Å². The van der Waals surface area contributed by atoms with Gasteiger partial charge in [-0.05, 0) is 24.3 Å². The largest absolute Gasteiger partial charge is 0.486 e. The fourth-order valence-electron chi connectivity index (χ4n) is 2.67. The number of alkyl halides is 3. The second kappa shape index (κ2) is 7.19. The van der Waals surface area contributed by atoms with Crippen LogP contribution in [0, 0.1) is 0 Å². The van der Waals surface area contributed by atoms with Crippen molar-refractivity contribution in [3.8, 4) is 11.5 Å². The SMILES string of the molecule is O=C(CCC(=O)c1cccc2c1OCCO2)c1cccc(C(F)(F)F)c1. The van der Waals surface area contributed by atoms with Gasteiger partial charge in [-0.25, -0.2) is 0 Å². The molecule has 26 heavy (non-hydrogen) atoms. The molecule has 1 aliphatic rings. The maximum Gasteiger partial charge on any atom is 0.416 e. The standard InChI is InChI=1S/C19H15F3O4/c20-19(21,22)13-4-1-3-12(11-13)15(23)7-8-16(24)14-5-2-6-17-18(14)26-10-9-25-17/h1-6,11H,7-10H2. The summed E-state index contributed by atoms with van der Waals surface area (Å²) in [6.07, 6.45) is -4.84. The number of ketones is 2. The second-order valence-corrected chi connectivity index (χ2v) is 5.75. The van der Waals surface area contributed by atoms with Crippen LogP contribution in [0.5, 0.6) is 11.5 Å². The number of carbonyl (C=O) groups is 2. The molecule has 2 aromatic carbocycles. The van der Waals surface area contributed by atoms with E-state index in [0.717, 1.165) is 12.1 Å². The number of carbonyl (C=O) groups excluding carboxylic acids is 2.